The van der Waals surface area contributed by atoms with Gasteiger partial charge in [-0.3, -0.25) is 0 Å². The molecule has 0 atom stereocenters. The van der Waals surface area contributed by atoms with Gasteiger partial charge in [0.15, 0.2) is 0 Å². The summed E-state index contributed by atoms with van der Waals surface area (Å²) < 4.78 is 16.1. The molecule has 0 fully saturated rings. The maximum atomic E-state index is 9.87. The number of nitrogen functional groups attached to an aromatic ring is 1. The van der Waals surface area contributed by atoms with Crippen LogP contribution in [0.5, 0.6) is 11.5 Å². The summed E-state index contributed by atoms with van der Waals surface area (Å²) in [5.41, 5.74) is 7.32. The fraction of sp³-hybridized carbons (Fsp3) is 0.150. The zero-order valence-electron chi connectivity index (χ0n) is 15.2. The standard InChI is InChI=1S/C20H16N4O3S/c1-25-12-5-6-17(26-2)14(8-12)18-15(9-21)19(23)24-20(16(18)10-22)28-11-13-4-3-7-27-13/h3-8H,11H2,1-2H3,(H2,23,24). The zero-order chi connectivity index (χ0) is 20.1. The first-order valence-corrected chi connectivity index (χ1v) is 9.12. The molecule has 0 aliphatic heterocycles. The lowest BCUT2D eigenvalue weighted by molar-refractivity contribution is 0.404. The van der Waals surface area contributed by atoms with Gasteiger partial charge in [-0.05, 0) is 30.3 Å². The first-order valence-electron chi connectivity index (χ1n) is 8.14. The fourth-order valence-corrected chi connectivity index (χ4v) is 3.61. The Labute approximate surface area is 166 Å². The molecule has 7 nitrogen and oxygen atoms in total. The molecule has 140 valence electrons. The summed E-state index contributed by atoms with van der Waals surface area (Å²) in [5, 5.41) is 20.0. The summed E-state index contributed by atoms with van der Waals surface area (Å²) in [6.45, 7) is 0. The van der Waals surface area contributed by atoms with E-state index in [9.17, 15) is 10.5 Å². The van der Waals surface area contributed by atoms with Gasteiger partial charge in [0.05, 0.1) is 31.8 Å². The van der Waals surface area contributed by atoms with E-state index in [-0.39, 0.29) is 16.9 Å². The molecule has 28 heavy (non-hydrogen) atoms. The minimum Gasteiger partial charge on any atom is -0.497 e. The molecule has 0 amide bonds. The summed E-state index contributed by atoms with van der Waals surface area (Å²) in [6.07, 6.45) is 1.58. The van der Waals surface area contributed by atoms with Crippen LogP contribution >= 0.6 is 11.8 Å². The van der Waals surface area contributed by atoms with E-state index >= 15 is 0 Å². The van der Waals surface area contributed by atoms with Crippen molar-refractivity contribution in [3.63, 3.8) is 0 Å². The van der Waals surface area contributed by atoms with Gasteiger partial charge >= 0.3 is 0 Å². The molecule has 2 N–H and O–H groups in total. The third-order valence-corrected chi connectivity index (χ3v) is 5.02. The first kappa shape index (κ1) is 19.2. The number of pyridine rings is 1. The van der Waals surface area contributed by atoms with Gasteiger partial charge in [-0.1, -0.05) is 11.8 Å². The zero-order valence-corrected chi connectivity index (χ0v) is 16.0. The first-order chi connectivity index (χ1) is 13.6. The van der Waals surface area contributed by atoms with Crippen molar-refractivity contribution >= 4 is 17.6 Å². The lowest BCUT2D eigenvalue weighted by Crippen LogP contribution is -2.04. The van der Waals surface area contributed by atoms with Crippen LogP contribution in [0.2, 0.25) is 0 Å². The number of rotatable bonds is 6. The lowest BCUT2D eigenvalue weighted by Gasteiger charge is -2.16. The number of aromatic nitrogens is 1. The number of thioether (sulfide) groups is 1. The van der Waals surface area contributed by atoms with Crippen molar-refractivity contribution in [3.05, 3.63) is 53.5 Å². The van der Waals surface area contributed by atoms with Crippen LogP contribution in [0.1, 0.15) is 16.9 Å². The van der Waals surface area contributed by atoms with Crippen molar-refractivity contribution in [2.45, 2.75) is 10.8 Å². The highest BCUT2D eigenvalue weighted by molar-refractivity contribution is 7.98. The van der Waals surface area contributed by atoms with E-state index in [2.05, 4.69) is 17.1 Å². The van der Waals surface area contributed by atoms with E-state index in [1.807, 2.05) is 6.07 Å². The number of nitrogens with two attached hydrogens (primary N) is 1. The van der Waals surface area contributed by atoms with E-state index in [0.29, 0.717) is 33.4 Å². The minimum absolute atomic E-state index is 0.0447. The van der Waals surface area contributed by atoms with Crippen molar-refractivity contribution < 1.29 is 13.9 Å². The summed E-state index contributed by atoms with van der Waals surface area (Å²) >= 11 is 1.31. The molecule has 0 bridgehead atoms. The molecule has 3 rings (SSSR count). The smallest absolute Gasteiger partial charge is 0.143 e. The normalized spacial score (nSPS) is 10.1. The number of benzene rings is 1. The Morgan fingerprint density at radius 2 is 1.93 bits per heavy atom. The van der Waals surface area contributed by atoms with Gasteiger partial charge < -0.3 is 19.6 Å². The second kappa shape index (κ2) is 8.38. The Morgan fingerprint density at radius 1 is 1.14 bits per heavy atom. The molecular formula is C20H16N4O3S. The molecule has 2 aromatic heterocycles. The van der Waals surface area contributed by atoms with E-state index < -0.39 is 0 Å². The van der Waals surface area contributed by atoms with Crippen LogP contribution in [0.3, 0.4) is 0 Å². The Hall–Kier alpha value is -3.62. The molecule has 1 aromatic carbocycles. The van der Waals surface area contributed by atoms with Crippen LogP contribution in [0.25, 0.3) is 11.1 Å². The predicted octanol–water partition coefficient (Wildman–Crippen LogP) is 3.98. The Balaban J connectivity index is 2.22. The van der Waals surface area contributed by atoms with E-state index in [1.165, 1.54) is 26.0 Å². The highest BCUT2D eigenvalue weighted by atomic mass is 32.2. The van der Waals surface area contributed by atoms with Crippen molar-refractivity contribution in [1.82, 2.24) is 4.98 Å². The molecule has 0 spiro atoms. The second-order valence-corrected chi connectivity index (χ2v) is 6.55. The predicted molar refractivity (Wildman–Crippen MR) is 105 cm³/mol. The van der Waals surface area contributed by atoms with Gasteiger partial charge in [0, 0.05) is 11.1 Å². The van der Waals surface area contributed by atoms with E-state index in [0.717, 1.165) is 5.76 Å². The Kier molecular flexibility index (Phi) is 5.73. The van der Waals surface area contributed by atoms with Gasteiger partial charge in [0.2, 0.25) is 0 Å². The summed E-state index contributed by atoms with van der Waals surface area (Å²) in [4.78, 5) is 4.28. The number of methoxy groups -OCH3 is 2. The Morgan fingerprint density at radius 3 is 2.54 bits per heavy atom. The maximum Gasteiger partial charge on any atom is 0.143 e. The molecule has 0 aliphatic carbocycles. The molecule has 8 heteroatoms. The van der Waals surface area contributed by atoms with Crippen LogP contribution in [0, 0.1) is 22.7 Å². The van der Waals surface area contributed by atoms with Crippen molar-refractivity contribution in [3.8, 4) is 34.8 Å². The van der Waals surface area contributed by atoms with Crippen molar-refractivity contribution in [2.75, 3.05) is 20.0 Å². The molecule has 3 aromatic rings. The highest BCUT2D eigenvalue weighted by Crippen LogP contribution is 2.41. The Bertz CT molecular complexity index is 1080. The van der Waals surface area contributed by atoms with Crippen LogP contribution in [0.4, 0.5) is 5.82 Å². The lowest BCUT2D eigenvalue weighted by atomic mass is 9.96. The van der Waals surface area contributed by atoms with Crippen LogP contribution < -0.4 is 15.2 Å². The quantitative estimate of drug-likeness (QED) is 0.626. The minimum atomic E-state index is 0.0447. The van der Waals surface area contributed by atoms with Gasteiger partial charge in [-0.25, -0.2) is 4.98 Å². The number of hydrogen-bond acceptors (Lipinski definition) is 8. The van der Waals surface area contributed by atoms with Gasteiger partial charge in [0.1, 0.15) is 45.8 Å². The van der Waals surface area contributed by atoms with Crippen molar-refractivity contribution in [1.29, 1.82) is 10.5 Å². The van der Waals surface area contributed by atoms with E-state index in [1.54, 1.807) is 30.5 Å². The molecule has 0 radical (unpaired) electrons. The molecular weight excluding hydrogens is 376 g/mol. The van der Waals surface area contributed by atoms with Gasteiger partial charge in [-0.15, -0.1) is 0 Å². The maximum absolute atomic E-state index is 9.87. The number of furan rings is 1. The third kappa shape index (κ3) is 3.59. The second-order valence-electron chi connectivity index (χ2n) is 5.59. The average Bonchev–Trinajstić information content (AvgIpc) is 3.24. The van der Waals surface area contributed by atoms with E-state index in [4.69, 9.17) is 19.6 Å². The average molecular weight is 392 g/mol. The molecule has 2 heterocycles. The monoisotopic (exact) mass is 392 g/mol. The summed E-state index contributed by atoms with van der Waals surface area (Å²) in [7, 11) is 3.05. The largest absolute Gasteiger partial charge is 0.497 e. The number of anilines is 1. The van der Waals surface area contributed by atoms with Crippen LogP contribution in [-0.2, 0) is 5.75 Å². The number of hydrogen-bond donors (Lipinski definition) is 1. The highest BCUT2D eigenvalue weighted by Gasteiger charge is 2.23. The molecule has 0 aliphatic rings. The summed E-state index contributed by atoms with van der Waals surface area (Å²) in [5.74, 6) is 2.29. The SMILES string of the molecule is COc1ccc(OC)c(-c2c(C#N)c(N)nc(SCc3ccco3)c2C#N)c1. The molecule has 0 saturated carbocycles. The van der Waals surface area contributed by atoms with Crippen LogP contribution in [-0.4, -0.2) is 19.2 Å². The summed E-state index contributed by atoms with van der Waals surface area (Å²) in [6, 6.07) is 13.0. The topological polar surface area (TPSA) is 118 Å². The van der Waals surface area contributed by atoms with Gasteiger partial charge in [-0.2, -0.15) is 10.5 Å². The third-order valence-electron chi connectivity index (χ3n) is 4.02. The van der Waals surface area contributed by atoms with Gasteiger partial charge in [0.25, 0.3) is 0 Å². The van der Waals surface area contributed by atoms with Crippen molar-refractivity contribution in [2.24, 2.45) is 0 Å². The number of nitrogens with zero attached hydrogens (tertiary/aromatic N) is 3. The van der Waals surface area contributed by atoms with Crippen LogP contribution in [0.15, 0.2) is 46.0 Å². The molecule has 0 saturated heterocycles. The fourth-order valence-electron chi connectivity index (χ4n) is 2.72. The number of ether oxygens (including phenoxy) is 2. The number of nitriles is 2. The molecule has 0 unspecified atom stereocenters.